The first-order chi connectivity index (χ1) is 10.6. The molecule has 1 aliphatic heterocycles. The lowest BCUT2D eigenvalue weighted by Gasteiger charge is -2.37. The average Bonchev–Trinajstić information content (AvgIpc) is 3.42. The van der Waals surface area contributed by atoms with Gasteiger partial charge in [-0.2, -0.15) is 0 Å². The molecular weight excluding hydrogens is 351 g/mol. The number of piperazine rings is 1. The van der Waals surface area contributed by atoms with Crippen LogP contribution in [0, 0.1) is 5.92 Å². The van der Waals surface area contributed by atoms with E-state index in [1.807, 2.05) is 11.8 Å². The fourth-order valence-corrected chi connectivity index (χ4v) is 2.89. The molecule has 0 aromatic rings. The van der Waals surface area contributed by atoms with Crippen LogP contribution in [0.4, 0.5) is 0 Å². The van der Waals surface area contributed by atoms with Gasteiger partial charge in [0.1, 0.15) is 0 Å². The Hall–Kier alpha value is -0.560. The minimum Gasteiger partial charge on any atom is -0.352 e. The monoisotopic (exact) mass is 380 g/mol. The maximum absolute atomic E-state index is 12.1. The highest BCUT2D eigenvalue weighted by molar-refractivity contribution is 5.85. The highest BCUT2D eigenvalue weighted by Gasteiger charge is 2.30. The first-order valence-electron chi connectivity index (χ1n) is 8.66. The molecule has 1 saturated heterocycles. The lowest BCUT2D eigenvalue weighted by Crippen LogP contribution is -2.56. The zero-order valence-corrected chi connectivity index (χ0v) is 16.0. The van der Waals surface area contributed by atoms with Gasteiger partial charge in [0.2, 0.25) is 11.8 Å². The van der Waals surface area contributed by atoms with Crippen molar-refractivity contribution >= 4 is 36.6 Å². The molecule has 0 aromatic carbocycles. The number of carbonyl (C=O) groups is 2. The number of hydrogen-bond acceptors (Lipinski definition) is 4. The molecule has 1 atom stereocenters. The molecule has 3 fully saturated rings. The van der Waals surface area contributed by atoms with Crippen molar-refractivity contribution in [3.8, 4) is 0 Å². The van der Waals surface area contributed by atoms with E-state index in [1.165, 1.54) is 12.8 Å². The first kappa shape index (κ1) is 21.5. The highest BCUT2D eigenvalue weighted by atomic mass is 35.5. The molecule has 6 nitrogen and oxygen atoms in total. The Morgan fingerprint density at radius 3 is 2.21 bits per heavy atom. The van der Waals surface area contributed by atoms with Crippen molar-refractivity contribution in [3.63, 3.8) is 0 Å². The molecule has 2 amide bonds. The first-order valence-corrected chi connectivity index (χ1v) is 8.66. The molecule has 2 N–H and O–H groups in total. The molecule has 1 heterocycles. The van der Waals surface area contributed by atoms with Crippen molar-refractivity contribution in [2.24, 2.45) is 5.92 Å². The molecule has 1 unspecified atom stereocenters. The number of amides is 2. The average molecular weight is 381 g/mol. The van der Waals surface area contributed by atoms with Gasteiger partial charge in [0.25, 0.3) is 0 Å². The summed E-state index contributed by atoms with van der Waals surface area (Å²) in [4.78, 5) is 28.3. The van der Waals surface area contributed by atoms with Crippen LogP contribution in [0.1, 0.15) is 32.6 Å². The highest BCUT2D eigenvalue weighted by Crippen LogP contribution is 2.27. The molecule has 140 valence electrons. The van der Waals surface area contributed by atoms with Gasteiger partial charge in [-0.1, -0.05) is 0 Å². The Bertz CT molecular complexity index is 422. The van der Waals surface area contributed by atoms with E-state index in [0.717, 1.165) is 51.5 Å². The van der Waals surface area contributed by atoms with E-state index in [2.05, 4.69) is 15.5 Å². The molecule has 2 aliphatic carbocycles. The van der Waals surface area contributed by atoms with Crippen LogP contribution in [0.2, 0.25) is 0 Å². The second-order valence-electron chi connectivity index (χ2n) is 6.95. The third-order valence-corrected chi connectivity index (χ3v) is 4.92. The molecule has 3 rings (SSSR count). The van der Waals surface area contributed by atoms with Crippen LogP contribution >= 0.6 is 24.8 Å². The summed E-state index contributed by atoms with van der Waals surface area (Å²) >= 11 is 0. The Morgan fingerprint density at radius 2 is 1.67 bits per heavy atom. The molecule has 0 spiro atoms. The minimum atomic E-state index is -0.0918. The number of hydrogen-bond donors (Lipinski definition) is 2. The summed E-state index contributed by atoms with van der Waals surface area (Å²) < 4.78 is 0. The van der Waals surface area contributed by atoms with E-state index in [1.54, 1.807) is 0 Å². The third-order valence-electron chi connectivity index (χ3n) is 4.92. The molecular formula is C16H30Cl2N4O2. The molecule has 0 radical (unpaired) electrons. The van der Waals surface area contributed by atoms with Crippen LogP contribution in [-0.2, 0) is 9.59 Å². The molecule has 0 bridgehead atoms. The molecule has 3 aliphatic rings. The molecule has 0 aromatic heterocycles. The lowest BCUT2D eigenvalue weighted by molar-refractivity contribution is -0.133. The summed E-state index contributed by atoms with van der Waals surface area (Å²) in [5.41, 5.74) is 0. The lowest BCUT2D eigenvalue weighted by atomic mass is 10.2. The van der Waals surface area contributed by atoms with E-state index in [9.17, 15) is 9.59 Å². The van der Waals surface area contributed by atoms with Crippen LogP contribution in [0.25, 0.3) is 0 Å². The number of carbonyl (C=O) groups excluding carboxylic acids is 2. The minimum absolute atomic E-state index is 0. The topological polar surface area (TPSA) is 64.7 Å². The normalized spacial score (nSPS) is 22.1. The van der Waals surface area contributed by atoms with Gasteiger partial charge in [0, 0.05) is 32.2 Å². The number of nitrogens with zero attached hydrogens (tertiary/aromatic N) is 2. The summed E-state index contributed by atoms with van der Waals surface area (Å²) in [5, 5.41) is 6.31. The van der Waals surface area contributed by atoms with Gasteiger partial charge in [-0.25, -0.2) is 0 Å². The molecule has 24 heavy (non-hydrogen) atoms. The second kappa shape index (κ2) is 9.80. The predicted molar refractivity (Wildman–Crippen MR) is 98.9 cm³/mol. The standard InChI is InChI=1S/C16H28N4O2.2ClH/c1-12(16(22)18-14-4-5-14)19-6-8-20(9-7-19)15(21)11-17-10-13-2-3-13;;/h12-14,17H,2-11H2,1H3,(H,18,22);2*1H. The van der Waals surface area contributed by atoms with Crippen molar-refractivity contribution in [3.05, 3.63) is 0 Å². The van der Waals surface area contributed by atoms with Gasteiger partial charge < -0.3 is 15.5 Å². The smallest absolute Gasteiger partial charge is 0.237 e. The van der Waals surface area contributed by atoms with Crippen molar-refractivity contribution in [2.45, 2.75) is 44.7 Å². The SMILES string of the molecule is CC(C(=O)NC1CC1)N1CCN(C(=O)CNCC2CC2)CC1.Cl.Cl. The van der Waals surface area contributed by atoms with Gasteiger partial charge >= 0.3 is 0 Å². The maximum Gasteiger partial charge on any atom is 0.237 e. The summed E-state index contributed by atoms with van der Waals surface area (Å²) in [6.45, 7) is 6.42. The van der Waals surface area contributed by atoms with E-state index < -0.39 is 0 Å². The predicted octanol–water partition coefficient (Wildman–Crippen LogP) is 0.641. The van der Waals surface area contributed by atoms with Gasteiger partial charge in [-0.15, -0.1) is 24.8 Å². The summed E-state index contributed by atoms with van der Waals surface area (Å²) in [6.07, 6.45) is 4.85. The van der Waals surface area contributed by atoms with Gasteiger partial charge in [0.15, 0.2) is 0 Å². The Kier molecular flexibility index (Phi) is 8.77. The van der Waals surface area contributed by atoms with Crippen LogP contribution in [-0.4, -0.2) is 73.0 Å². The van der Waals surface area contributed by atoms with Crippen LogP contribution < -0.4 is 10.6 Å². The summed E-state index contributed by atoms with van der Waals surface area (Å²) in [5.74, 6) is 1.12. The Labute approximate surface area is 156 Å². The number of halogens is 2. The fraction of sp³-hybridized carbons (Fsp3) is 0.875. The van der Waals surface area contributed by atoms with Crippen molar-refractivity contribution < 1.29 is 9.59 Å². The zero-order valence-electron chi connectivity index (χ0n) is 14.3. The van der Waals surface area contributed by atoms with E-state index in [4.69, 9.17) is 0 Å². The Balaban J connectivity index is 0.00000144. The summed E-state index contributed by atoms with van der Waals surface area (Å²) in [7, 11) is 0. The number of nitrogens with one attached hydrogen (secondary N) is 2. The van der Waals surface area contributed by atoms with Crippen molar-refractivity contribution in [2.75, 3.05) is 39.3 Å². The largest absolute Gasteiger partial charge is 0.352 e. The fourth-order valence-electron chi connectivity index (χ4n) is 2.89. The van der Waals surface area contributed by atoms with Crippen LogP contribution in [0.3, 0.4) is 0 Å². The van der Waals surface area contributed by atoms with Crippen LogP contribution in [0.5, 0.6) is 0 Å². The van der Waals surface area contributed by atoms with Crippen molar-refractivity contribution in [1.29, 1.82) is 0 Å². The molecule has 8 heteroatoms. The zero-order chi connectivity index (χ0) is 15.5. The van der Waals surface area contributed by atoms with E-state index in [-0.39, 0.29) is 42.7 Å². The quantitative estimate of drug-likeness (QED) is 0.680. The molecule has 2 saturated carbocycles. The maximum atomic E-state index is 12.1. The van der Waals surface area contributed by atoms with E-state index >= 15 is 0 Å². The third kappa shape index (κ3) is 6.39. The van der Waals surface area contributed by atoms with Crippen molar-refractivity contribution in [1.82, 2.24) is 20.4 Å². The van der Waals surface area contributed by atoms with Crippen LogP contribution in [0.15, 0.2) is 0 Å². The van der Waals surface area contributed by atoms with Gasteiger partial charge in [-0.3, -0.25) is 14.5 Å². The van der Waals surface area contributed by atoms with Gasteiger partial charge in [-0.05, 0) is 45.1 Å². The van der Waals surface area contributed by atoms with E-state index in [0.29, 0.717) is 12.6 Å². The van der Waals surface area contributed by atoms with Gasteiger partial charge in [0.05, 0.1) is 12.6 Å². The Morgan fingerprint density at radius 1 is 1.04 bits per heavy atom. The second-order valence-corrected chi connectivity index (χ2v) is 6.95. The summed E-state index contributed by atoms with van der Waals surface area (Å²) in [6, 6.07) is 0.321. The number of rotatable bonds is 7.